The Morgan fingerprint density at radius 2 is 1.59 bits per heavy atom. The molecule has 0 amide bonds. The van der Waals surface area contributed by atoms with Crippen molar-refractivity contribution in [3.63, 3.8) is 0 Å². The second kappa shape index (κ2) is 5.08. The Morgan fingerprint density at radius 3 is 2.12 bits per heavy atom. The summed E-state index contributed by atoms with van der Waals surface area (Å²) < 4.78 is 0. The highest BCUT2D eigenvalue weighted by Crippen LogP contribution is 2.42. The average molecular weight is 230 g/mol. The summed E-state index contributed by atoms with van der Waals surface area (Å²) in [5.74, 6) is 0. The van der Waals surface area contributed by atoms with Crippen molar-refractivity contribution in [3.05, 3.63) is 48.6 Å². The maximum absolute atomic E-state index is 3.86. The molecule has 1 aliphatic carbocycles. The molecule has 0 aliphatic heterocycles. The number of rotatable bonds is 6. The molecule has 0 aromatic heterocycles. The molecule has 0 aromatic carbocycles. The van der Waals surface area contributed by atoms with Crippen LogP contribution in [-0.4, -0.2) is 0 Å². The summed E-state index contributed by atoms with van der Waals surface area (Å²) in [4.78, 5) is 0. The summed E-state index contributed by atoms with van der Waals surface area (Å²) in [5, 5.41) is 0. The van der Waals surface area contributed by atoms with Crippen LogP contribution in [0.4, 0.5) is 0 Å². The molecule has 0 saturated carbocycles. The van der Waals surface area contributed by atoms with Gasteiger partial charge in [-0.05, 0) is 35.7 Å². The van der Waals surface area contributed by atoms with Gasteiger partial charge in [0.15, 0.2) is 0 Å². The summed E-state index contributed by atoms with van der Waals surface area (Å²) in [6.07, 6.45) is 12.0. The third-order valence-electron chi connectivity index (χ3n) is 3.83. The molecule has 0 saturated heterocycles. The molecule has 0 aromatic rings. The topological polar surface area (TPSA) is 0 Å². The SMILES string of the molecule is C=CCC(C)(C)C1=CCC(C(C)(C)CC=C)=C1. The van der Waals surface area contributed by atoms with Crippen molar-refractivity contribution < 1.29 is 0 Å². The maximum atomic E-state index is 3.86. The zero-order chi connectivity index (χ0) is 13.1. The lowest BCUT2D eigenvalue weighted by Gasteiger charge is -2.26. The molecule has 94 valence electrons. The standard InChI is InChI=1S/C17H26/c1-7-11-16(3,4)14-9-10-15(13-14)17(5,6)12-8-2/h7-9,13H,1-2,10-12H2,3-6H3. The average Bonchev–Trinajstić information content (AvgIpc) is 2.67. The Balaban J connectivity index is 2.86. The van der Waals surface area contributed by atoms with Crippen LogP contribution in [-0.2, 0) is 0 Å². The largest absolute Gasteiger partial charge is 0.103 e. The first-order chi connectivity index (χ1) is 7.83. The van der Waals surface area contributed by atoms with Gasteiger partial charge in [0.05, 0.1) is 0 Å². The van der Waals surface area contributed by atoms with Gasteiger partial charge >= 0.3 is 0 Å². The van der Waals surface area contributed by atoms with E-state index in [4.69, 9.17) is 0 Å². The van der Waals surface area contributed by atoms with Gasteiger partial charge in [0, 0.05) is 0 Å². The van der Waals surface area contributed by atoms with Crippen LogP contribution in [0.25, 0.3) is 0 Å². The Hall–Kier alpha value is -1.04. The quantitative estimate of drug-likeness (QED) is 0.532. The molecular weight excluding hydrogens is 204 g/mol. The van der Waals surface area contributed by atoms with Crippen LogP contribution in [0.5, 0.6) is 0 Å². The molecule has 0 radical (unpaired) electrons. The predicted octanol–water partition coefficient (Wildman–Crippen LogP) is 5.45. The van der Waals surface area contributed by atoms with Gasteiger partial charge < -0.3 is 0 Å². The van der Waals surface area contributed by atoms with E-state index in [1.54, 1.807) is 0 Å². The molecule has 0 heterocycles. The van der Waals surface area contributed by atoms with Crippen molar-refractivity contribution >= 4 is 0 Å². The lowest BCUT2D eigenvalue weighted by molar-refractivity contribution is 0.445. The first kappa shape index (κ1) is 14.0. The molecule has 0 N–H and O–H groups in total. The third kappa shape index (κ3) is 3.21. The van der Waals surface area contributed by atoms with Crippen molar-refractivity contribution in [1.82, 2.24) is 0 Å². The minimum Gasteiger partial charge on any atom is -0.103 e. The van der Waals surface area contributed by atoms with Gasteiger partial charge in [0.2, 0.25) is 0 Å². The zero-order valence-corrected chi connectivity index (χ0v) is 11.8. The molecule has 1 aliphatic rings. The van der Waals surface area contributed by atoms with Crippen LogP contribution in [0.15, 0.2) is 48.6 Å². The fourth-order valence-electron chi connectivity index (χ4n) is 2.44. The lowest BCUT2D eigenvalue weighted by Crippen LogP contribution is -2.14. The fraction of sp³-hybridized carbons (Fsp3) is 0.529. The lowest BCUT2D eigenvalue weighted by atomic mass is 9.78. The van der Waals surface area contributed by atoms with E-state index in [9.17, 15) is 0 Å². The van der Waals surface area contributed by atoms with E-state index in [0.717, 1.165) is 19.3 Å². The fourth-order valence-corrected chi connectivity index (χ4v) is 2.44. The monoisotopic (exact) mass is 230 g/mol. The van der Waals surface area contributed by atoms with E-state index >= 15 is 0 Å². The molecule has 0 nitrogen and oxygen atoms in total. The summed E-state index contributed by atoms with van der Waals surface area (Å²) in [7, 11) is 0. The van der Waals surface area contributed by atoms with E-state index < -0.39 is 0 Å². The van der Waals surface area contributed by atoms with Crippen LogP contribution >= 0.6 is 0 Å². The summed E-state index contributed by atoms with van der Waals surface area (Å²) in [6.45, 7) is 16.9. The van der Waals surface area contributed by atoms with Crippen LogP contribution in [0.3, 0.4) is 0 Å². The van der Waals surface area contributed by atoms with E-state index in [2.05, 4.69) is 53.0 Å². The van der Waals surface area contributed by atoms with Gasteiger partial charge in [-0.1, -0.05) is 57.6 Å². The zero-order valence-electron chi connectivity index (χ0n) is 11.8. The van der Waals surface area contributed by atoms with Gasteiger partial charge in [-0.15, -0.1) is 13.2 Å². The van der Waals surface area contributed by atoms with Crippen LogP contribution in [0.2, 0.25) is 0 Å². The molecule has 0 fully saturated rings. The van der Waals surface area contributed by atoms with Crippen molar-refractivity contribution in [2.75, 3.05) is 0 Å². The summed E-state index contributed by atoms with van der Waals surface area (Å²) in [6, 6.07) is 0. The van der Waals surface area contributed by atoms with Crippen molar-refractivity contribution in [2.45, 2.75) is 47.0 Å². The van der Waals surface area contributed by atoms with E-state index in [1.165, 1.54) is 11.1 Å². The highest BCUT2D eigenvalue weighted by atomic mass is 14.3. The molecule has 0 spiro atoms. The van der Waals surface area contributed by atoms with Gasteiger partial charge in [-0.25, -0.2) is 0 Å². The number of hydrogen-bond donors (Lipinski definition) is 0. The second-order valence-corrected chi connectivity index (χ2v) is 6.29. The van der Waals surface area contributed by atoms with E-state index in [1.807, 2.05) is 12.2 Å². The van der Waals surface area contributed by atoms with Crippen molar-refractivity contribution in [3.8, 4) is 0 Å². The third-order valence-corrected chi connectivity index (χ3v) is 3.83. The normalized spacial score (nSPS) is 16.5. The van der Waals surface area contributed by atoms with Crippen LogP contribution < -0.4 is 0 Å². The van der Waals surface area contributed by atoms with Gasteiger partial charge in [-0.3, -0.25) is 0 Å². The van der Waals surface area contributed by atoms with Crippen molar-refractivity contribution in [1.29, 1.82) is 0 Å². The smallest absolute Gasteiger partial charge is 0.00723 e. The highest BCUT2D eigenvalue weighted by molar-refractivity contribution is 5.39. The molecule has 1 rings (SSSR count). The number of allylic oxidation sites excluding steroid dienone is 6. The predicted molar refractivity (Wildman–Crippen MR) is 78.0 cm³/mol. The van der Waals surface area contributed by atoms with Crippen LogP contribution in [0.1, 0.15) is 47.0 Å². The Kier molecular flexibility index (Phi) is 4.19. The molecule has 0 unspecified atom stereocenters. The summed E-state index contributed by atoms with van der Waals surface area (Å²) >= 11 is 0. The highest BCUT2D eigenvalue weighted by Gasteiger charge is 2.28. The Morgan fingerprint density at radius 1 is 1.06 bits per heavy atom. The Labute approximate surface area is 107 Å². The molecule has 17 heavy (non-hydrogen) atoms. The first-order valence-electron chi connectivity index (χ1n) is 6.47. The van der Waals surface area contributed by atoms with E-state index in [-0.39, 0.29) is 10.8 Å². The molecule has 0 bridgehead atoms. The van der Waals surface area contributed by atoms with Gasteiger partial charge in [0.25, 0.3) is 0 Å². The minimum atomic E-state index is 0.216. The first-order valence-corrected chi connectivity index (χ1v) is 6.47. The van der Waals surface area contributed by atoms with Crippen LogP contribution in [0, 0.1) is 10.8 Å². The van der Waals surface area contributed by atoms with Gasteiger partial charge in [-0.2, -0.15) is 0 Å². The van der Waals surface area contributed by atoms with Crippen molar-refractivity contribution in [2.24, 2.45) is 10.8 Å². The maximum Gasteiger partial charge on any atom is -0.00723 e. The number of hydrogen-bond acceptors (Lipinski definition) is 0. The molecule has 0 heteroatoms. The molecular formula is C17H26. The van der Waals surface area contributed by atoms with E-state index in [0.29, 0.717) is 0 Å². The Bertz CT molecular complexity index is 361. The van der Waals surface area contributed by atoms with Gasteiger partial charge in [0.1, 0.15) is 0 Å². The summed E-state index contributed by atoms with van der Waals surface area (Å²) in [5.41, 5.74) is 3.45. The minimum absolute atomic E-state index is 0.216. The second-order valence-electron chi connectivity index (χ2n) is 6.29. The molecule has 0 atom stereocenters.